The van der Waals surface area contributed by atoms with Crippen molar-refractivity contribution >= 4 is 11.9 Å². The number of amides is 1. The summed E-state index contributed by atoms with van der Waals surface area (Å²) in [7, 11) is 1.85. The molecule has 2 rings (SSSR count). The first-order valence-corrected chi connectivity index (χ1v) is 7.09. The van der Waals surface area contributed by atoms with Gasteiger partial charge in [0.05, 0.1) is 12.7 Å². The van der Waals surface area contributed by atoms with Crippen LogP contribution in [0, 0.1) is 5.41 Å². The average Bonchev–Trinajstić information content (AvgIpc) is 2.79. The number of carboxylic acids is 1. The summed E-state index contributed by atoms with van der Waals surface area (Å²) in [5, 5.41) is 20.6. The Morgan fingerprint density at radius 1 is 1.32 bits per heavy atom. The van der Waals surface area contributed by atoms with E-state index in [2.05, 4.69) is 26.1 Å². The molecule has 0 unspecified atom stereocenters. The lowest BCUT2D eigenvalue weighted by atomic mass is 9.92. The highest BCUT2D eigenvalue weighted by atomic mass is 16.4. The molecule has 122 valence electrons. The first-order valence-electron chi connectivity index (χ1n) is 7.09. The SMILES string of the molecule is CN1C(=O)CN[C@@H]1C(C)(C)C.O=C(O)[C@H](O)c1ccccc1. The van der Waals surface area contributed by atoms with Crippen molar-refractivity contribution in [2.45, 2.75) is 33.0 Å². The summed E-state index contributed by atoms with van der Waals surface area (Å²) in [6, 6.07) is 8.26. The predicted octanol–water partition coefficient (Wildman–Crippen LogP) is 1.22. The highest BCUT2D eigenvalue weighted by molar-refractivity contribution is 5.80. The lowest BCUT2D eigenvalue weighted by Crippen LogP contribution is -2.44. The standard InChI is InChI=1S/C8H16N2O.C8H8O3/c1-8(2,3)7-9-5-6(11)10(7)4;9-7(8(10)11)6-4-2-1-3-5-6/h7,9H,5H2,1-4H3;1-5,7,9H,(H,10,11)/t2*7-/m01/s1. The third-order valence-electron chi connectivity index (χ3n) is 3.40. The molecule has 1 amide bonds. The summed E-state index contributed by atoms with van der Waals surface area (Å²) >= 11 is 0. The van der Waals surface area contributed by atoms with Gasteiger partial charge in [-0.2, -0.15) is 0 Å². The molecule has 6 nitrogen and oxygen atoms in total. The van der Waals surface area contributed by atoms with E-state index in [1.165, 1.54) is 0 Å². The zero-order valence-corrected chi connectivity index (χ0v) is 13.4. The number of likely N-dealkylation sites (N-methyl/N-ethyl adjacent to an activating group) is 1. The van der Waals surface area contributed by atoms with Gasteiger partial charge in [0.15, 0.2) is 6.10 Å². The number of aliphatic hydroxyl groups excluding tert-OH is 1. The van der Waals surface area contributed by atoms with Crippen molar-refractivity contribution in [3.05, 3.63) is 35.9 Å². The van der Waals surface area contributed by atoms with E-state index in [4.69, 9.17) is 10.2 Å². The van der Waals surface area contributed by atoms with Gasteiger partial charge in [-0.15, -0.1) is 0 Å². The molecule has 0 radical (unpaired) electrons. The minimum atomic E-state index is -1.41. The van der Waals surface area contributed by atoms with Crippen LogP contribution in [0.25, 0.3) is 0 Å². The van der Waals surface area contributed by atoms with E-state index in [-0.39, 0.29) is 17.5 Å². The summed E-state index contributed by atoms with van der Waals surface area (Å²) in [4.78, 5) is 23.1. The lowest BCUT2D eigenvalue weighted by Gasteiger charge is -2.32. The van der Waals surface area contributed by atoms with Crippen LogP contribution in [0.3, 0.4) is 0 Å². The number of nitrogens with one attached hydrogen (secondary N) is 1. The molecule has 0 bridgehead atoms. The summed E-state index contributed by atoms with van der Waals surface area (Å²) in [6.45, 7) is 6.86. The molecule has 1 fully saturated rings. The molecule has 1 aromatic carbocycles. The molecule has 1 aliphatic heterocycles. The number of carbonyl (C=O) groups excluding carboxylic acids is 1. The fourth-order valence-corrected chi connectivity index (χ4v) is 2.25. The van der Waals surface area contributed by atoms with Crippen molar-refractivity contribution in [3.8, 4) is 0 Å². The number of carboxylic acid groups (broad SMARTS) is 1. The van der Waals surface area contributed by atoms with Gasteiger partial charge >= 0.3 is 5.97 Å². The lowest BCUT2D eigenvalue weighted by molar-refractivity contribution is -0.147. The predicted molar refractivity (Wildman–Crippen MR) is 83.1 cm³/mol. The summed E-state index contributed by atoms with van der Waals surface area (Å²) in [6.07, 6.45) is -1.22. The Bertz CT molecular complexity index is 511. The molecule has 0 aliphatic carbocycles. The van der Waals surface area contributed by atoms with Gasteiger partial charge in [-0.1, -0.05) is 51.1 Å². The van der Waals surface area contributed by atoms with Crippen molar-refractivity contribution in [1.29, 1.82) is 0 Å². The minimum Gasteiger partial charge on any atom is -0.479 e. The van der Waals surface area contributed by atoms with Crippen LogP contribution in [0.5, 0.6) is 0 Å². The van der Waals surface area contributed by atoms with Gasteiger partial charge < -0.3 is 15.1 Å². The van der Waals surface area contributed by atoms with Crippen molar-refractivity contribution in [3.63, 3.8) is 0 Å². The Morgan fingerprint density at radius 2 is 1.86 bits per heavy atom. The number of carbonyl (C=O) groups is 2. The van der Waals surface area contributed by atoms with E-state index in [0.29, 0.717) is 12.1 Å². The van der Waals surface area contributed by atoms with E-state index >= 15 is 0 Å². The van der Waals surface area contributed by atoms with Gasteiger partial charge in [0.25, 0.3) is 0 Å². The van der Waals surface area contributed by atoms with Crippen molar-refractivity contribution in [2.75, 3.05) is 13.6 Å². The second-order valence-electron chi connectivity index (χ2n) is 6.31. The molecule has 22 heavy (non-hydrogen) atoms. The van der Waals surface area contributed by atoms with Crippen LogP contribution < -0.4 is 5.32 Å². The molecular formula is C16H24N2O4. The second kappa shape index (κ2) is 7.38. The maximum Gasteiger partial charge on any atom is 0.337 e. The number of aliphatic carboxylic acids is 1. The van der Waals surface area contributed by atoms with Crippen LogP contribution in [0.2, 0.25) is 0 Å². The first-order chi connectivity index (χ1) is 10.1. The fourth-order valence-electron chi connectivity index (χ4n) is 2.25. The van der Waals surface area contributed by atoms with Gasteiger partial charge in [0.2, 0.25) is 5.91 Å². The Hall–Kier alpha value is -1.92. The van der Waals surface area contributed by atoms with Crippen molar-refractivity contribution < 1.29 is 19.8 Å². The van der Waals surface area contributed by atoms with E-state index < -0.39 is 12.1 Å². The normalized spacial score (nSPS) is 19.4. The van der Waals surface area contributed by atoms with Crippen LogP contribution >= 0.6 is 0 Å². The number of benzene rings is 1. The van der Waals surface area contributed by atoms with Crippen molar-refractivity contribution in [1.82, 2.24) is 10.2 Å². The van der Waals surface area contributed by atoms with Crippen LogP contribution in [0.15, 0.2) is 30.3 Å². The molecular weight excluding hydrogens is 284 g/mol. The van der Waals surface area contributed by atoms with Crippen LogP contribution in [0.1, 0.15) is 32.4 Å². The molecule has 3 N–H and O–H groups in total. The number of nitrogens with zero attached hydrogens (tertiary/aromatic N) is 1. The number of hydrogen-bond donors (Lipinski definition) is 3. The Labute approximate surface area is 130 Å². The van der Waals surface area contributed by atoms with Gasteiger partial charge in [-0.05, 0) is 11.0 Å². The molecule has 6 heteroatoms. The quantitative estimate of drug-likeness (QED) is 0.764. The monoisotopic (exact) mass is 308 g/mol. The summed E-state index contributed by atoms with van der Waals surface area (Å²) in [5.41, 5.74) is 0.529. The molecule has 1 aromatic rings. The Morgan fingerprint density at radius 3 is 2.18 bits per heavy atom. The van der Waals surface area contributed by atoms with Gasteiger partial charge in [0, 0.05) is 7.05 Å². The van der Waals surface area contributed by atoms with Gasteiger partial charge in [-0.3, -0.25) is 10.1 Å². The second-order valence-corrected chi connectivity index (χ2v) is 6.31. The molecule has 0 spiro atoms. The molecule has 1 aliphatic rings. The fraction of sp³-hybridized carbons (Fsp3) is 0.500. The average molecular weight is 308 g/mol. The molecule has 0 saturated carbocycles. The topological polar surface area (TPSA) is 89.9 Å². The summed E-state index contributed by atoms with van der Waals surface area (Å²) < 4.78 is 0. The number of aliphatic hydroxyl groups is 1. The summed E-state index contributed by atoms with van der Waals surface area (Å²) in [5.74, 6) is -1.04. The molecule has 1 saturated heterocycles. The zero-order valence-electron chi connectivity index (χ0n) is 13.4. The number of hydrogen-bond acceptors (Lipinski definition) is 4. The Kier molecular flexibility index (Phi) is 6.08. The highest BCUT2D eigenvalue weighted by Gasteiger charge is 2.35. The van der Waals surface area contributed by atoms with E-state index in [0.717, 1.165) is 0 Å². The highest BCUT2D eigenvalue weighted by Crippen LogP contribution is 2.23. The van der Waals surface area contributed by atoms with E-state index in [1.54, 1.807) is 35.2 Å². The number of rotatable bonds is 2. The molecule has 1 heterocycles. The van der Waals surface area contributed by atoms with Gasteiger partial charge in [-0.25, -0.2) is 4.79 Å². The van der Waals surface area contributed by atoms with Crippen LogP contribution in [-0.4, -0.2) is 46.7 Å². The third kappa shape index (κ3) is 4.82. The van der Waals surface area contributed by atoms with E-state index in [9.17, 15) is 9.59 Å². The maximum absolute atomic E-state index is 11.1. The molecule has 2 atom stereocenters. The molecule has 0 aromatic heterocycles. The van der Waals surface area contributed by atoms with Crippen LogP contribution in [-0.2, 0) is 9.59 Å². The smallest absolute Gasteiger partial charge is 0.337 e. The Balaban J connectivity index is 0.000000220. The van der Waals surface area contributed by atoms with E-state index in [1.807, 2.05) is 7.05 Å². The zero-order chi connectivity index (χ0) is 16.9. The van der Waals surface area contributed by atoms with Crippen molar-refractivity contribution in [2.24, 2.45) is 5.41 Å². The minimum absolute atomic E-state index is 0.126. The maximum atomic E-state index is 11.1. The largest absolute Gasteiger partial charge is 0.479 e. The van der Waals surface area contributed by atoms with Crippen LogP contribution in [0.4, 0.5) is 0 Å². The third-order valence-corrected chi connectivity index (χ3v) is 3.40. The first kappa shape index (κ1) is 18.1. The van der Waals surface area contributed by atoms with Gasteiger partial charge in [0.1, 0.15) is 0 Å².